The fourth-order valence-electron chi connectivity index (χ4n) is 1.93. The van der Waals surface area contributed by atoms with Gasteiger partial charge in [0.25, 0.3) is 0 Å². The first-order chi connectivity index (χ1) is 8.17. The number of nitrogens with zero attached hydrogens (tertiary/aromatic N) is 1. The lowest BCUT2D eigenvalue weighted by Gasteiger charge is -2.25. The highest BCUT2D eigenvalue weighted by Crippen LogP contribution is 2.16. The van der Waals surface area contributed by atoms with Crippen LogP contribution in [-0.2, 0) is 0 Å². The van der Waals surface area contributed by atoms with Crippen molar-refractivity contribution in [2.24, 2.45) is 0 Å². The predicted molar refractivity (Wildman–Crippen MR) is 76.6 cm³/mol. The molecule has 0 aliphatic heterocycles. The summed E-state index contributed by atoms with van der Waals surface area (Å²) in [7, 11) is 2.17. The van der Waals surface area contributed by atoms with E-state index in [4.69, 9.17) is 4.74 Å². The lowest BCUT2D eigenvalue weighted by Crippen LogP contribution is -2.33. The van der Waals surface area contributed by atoms with Crippen molar-refractivity contribution in [2.45, 2.75) is 32.7 Å². The van der Waals surface area contributed by atoms with Gasteiger partial charge in [0, 0.05) is 17.1 Å². The number of benzene rings is 1. The molecule has 0 saturated carbocycles. The monoisotopic (exact) mass is 299 g/mol. The summed E-state index contributed by atoms with van der Waals surface area (Å²) >= 11 is 3.41. The molecule has 0 N–H and O–H groups in total. The van der Waals surface area contributed by atoms with Crippen LogP contribution in [-0.4, -0.2) is 31.1 Å². The van der Waals surface area contributed by atoms with Crippen molar-refractivity contribution in [3.05, 3.63) is 28.7 Å². The largest absolute Gasteiger partial charge is 0.492 e. The van der Waals surface area contributed by atoms with E-state index in [0.29, 0.717) is 6.04 Å². The van der Waals surface area contributed by atoms with Crippen molar-refractivity contribution >= 4 is 15.9 Å². The minimum Gasteiger partial charge on any atom is -0.492 e. The molecular formula is C14H22BrNO. The van der Waals surface area contributed by atoms with E-state index in [2.05, 4.69) is 41.7 Å². The Kier molecular flexibility index (Phi) is 6.60. The van der Waals surface area contributed by atoms with Crippen LogP contribution in [0.5, 0.6) is 5.75 Å². The van der Waals surface area contributed by atoms with Crippen LogP contribution >= 0.6 is 15.9 Å². The van der Waals surface area contributed by atoms with Crippen molar-refractivity contribution < 1.29 is 4.74 Å². The summed E-state index contributed by atoms with van der Waals surface area (Å²) in [6.07, 6.45) is 2.40. The summed E-state index contributed by atoms with van der Waals surface area (Å²) in [6.45, 7) is 6.19. The van der Waals surface area contributed by atoms with Gasteiger partial charge in [0.05, 0.1) is 0 Å². The first-order valence-electron chi connectivity index (χ1n) is 6.26. The molecule has 0 aliphatic rings. The lowest BCUT2D eigenvalue weighted by molar-refractivity contribution is 0.183. The second kappa shape index (κ2) is 7.72. The van der Waals surface area contributed by atoms with Crippen LogP contribution in [0.1, 0.15) is 26.7 Å². The van der Waals surface area contributed by atoms with E-state index in [-0.39, 0.29) is 0 Å². The zero-order valence-corrected chi connectivity index (χ0v) is 12.5. The van der Waals surface area contributed by atoms with E-state index in [9.17, 15) is 0 Å². The highest BCUT2D eigenvalue weighted by Gasteiger charge is 2.09. The summed E-state index contributed by atoms with van der Waals surface area (Å²) in [5.74, 6) is 0.936. The van der Waals surface area contributed by atoms with Gasteiger partial charge in [-0.1, -0.05) is 29.8 Å². The van der Waals surface area contributed by atoms with Gasteiger partial charge in [0.1, 0.15) is 12.4 Å². The van der Waals surface area contributed by atoms with Gasteiger partial charge in [-0.15, -0.1) is 0 Å². The molecule has 0 saturated heterocycles. The summed E-state index contributed by atoms with van der Waals surface area (Å²) in [4.78, 5) is 2.37. The number of hydrogen-bond donors (Lipinski definition) is 0. The van der Waals surface area contributed by atoms with Crippen molar-refractivity contribution in [2.75, 3.05) is 20.2 Å². The second-order valence-electron chi connectivity index (χ2n) is 4.25. The summed E-state index contributed by atoms with van der Waals surface area (Å²) in [6, 6.07) is 8.64. The summed E-state index contributed by atoms with van der Waals surface area (Å²) in [5.41, 5.74) is 0. The molecule has 3 heteroatoms. The SMILES string of the molecule is CCC(CC)N(C)CCOc1ccc(Br)cc1. The maximum absolute atomic E-state index is 5.71. The third kappa shape index (κ3) is 5.09. The topological polar surface area (TPSA) is 12.5 Å². The molecule has 0 aliphatic carbocycles. The van der Waals surface area contributed by atoms with Crippen LogP contribution in [0.25, 0.3) is 0 Å². The molecule has 96 valence electrons. The predicted octanol–water partition coefficient (Wildman–Crippen LogP) is 3.95. The molecule has 17 heavy (non-hydrogen) atoms. The van der Waals surface area contributed by atoms with Crippen LogP contribution in [0.3, 0.4) is 0 Å². The normalized spacial score (nSPS) is 11.2. The van der Waals surface area contributed by atoms with Crippen LogP contribution in [0, 0.1) is 0 Å². The number of ether oxygens (including phenoxy) is 1. The minimum atomic E-state index is 0.670. The maximum Gasteiger partial charge on any atom is 0.119 e. The summed E-state index contributed by atoms with van der Waals surface area (Å²) in [5, 5.41) is 0. The Hall–Kier alpha value is -0.540. The highest BCUT2D eigenvalue weighted by molar-refractivity contribution is 9.10. The molecule has 0 fully saturated rings. The zero-order chi connectivity index (χ0) is 12.7. The van der Waals surface area contributed by atoms with Crippen LogP contribution in [0.4, 0.5) is 0 Å². The Balaban J connectivity index is 2.30. The molecule has 1 aromatic carbocycles. The smallest absolute Gasteiger partial charge is 0.119 e. The first-order valence-corrected chi connectivity index (χ1v) is 7.05. The van der Waals surface area contributed by atoms with Gasteiger partial charge >= 0.3 is 0 Å². The molecule has 0 unspecified atom stereocenters. The zero-order valence-electron chi connectivity index (χ0n) is 10.9. The van der Waals surface area contributed by atoms with E-state index in [1.165, 1.54) is 12.8 Å². The average Bonchev–Trinajstić information content (AvgIpc) is 2.33. The van der Waals surface area contributed by atoms with Crippen molar-refractivity contribution in [1.29, 1.82) is 0 Å². The van der Waals surface area contributed by atoms with E-state index < -0.39 is 0 Å². The Bertz CT molecular complexity index is 309. The Morgan fingerprint density at radius 3 is 2.29 bits per heavy atom. The molecule has 1 aromatic rings. The molecule has 0 bridgehead atoms. The van der Waals surface area contributed by atoms with Gasteiger partial charge in [-0.3, -0.25) is 0 Å². The lowest BCUT2D eigenvalue weighted by atomic mass is 10.1. The molecule has 2 nitrogen and oxygen atoms in total. The van der Waals surface area contributed by atoms with Crippen molar-refractivity contribution in [3.8, 4) is 5.75 Å². The number of halogens is 1. The fourth-order valence-corrected chi connectivity index (χ4v) is 2.20. The molecule has 0 spiro atoms. The molecule has 1 rings (SSSR count). The highest BCUT2D eigenvalue weighted by atomic mass is 79.9. The Morgan fingerprint density at radius 1 is 1.18 bits per heavy atom. The van der Waals surface area contributed by atoms with Gasteiger partial charge < -0.3 is 9.64 Å². The van der Waals surface area contributed by atoms with E-state index in [1.807, 2.05) is 24.3 Å². The van der Waals surface area contributed by atoms with Crippen LogP contribution in [0.2, 0.25) is 0 Å². The Labute approximate surface area is 113 Å². The number of hydrogen-bond acceptors (Lipinski definition) is 2. The fraction of sp³-hybridized carbons (Fsp3) is 0.571. The third-order valence-corrected chi connectivity index (χ3v) is 3.62. The van der Waals surface area contributed by atoms with Gasteiger partial charge in [-0.2, -0.15) is 0 Å². The summed E-state index contributed by atoms with van der Waals surface area (Å²) < 4.78 is 6.79. The van der Waals surface area contributed by atoms with Crippen LogP contribution in [0.15, 0.2) is 28.7 Å². The van der Waals surface area contributed by atoms with Gasteiger partial charge in [-0.25, -0.2) is 0 Å². The second-order valence-corrected chi connectivity index (χ2v) is 5.17. The number of rotatable bonds is 7. The van der Waals surface area contributed by atoms with E-state index >= 15 is 0 Å². The van der Waals surface area contributed by atoms with E-state index in [1.54, 1.807) is 0 Å². The quantitative estimate of drug-likeness (QED) is 0.756. The minimum absolute atomic E-state index is 0.670. The molecule has 0 atom stereocenters. The van der Waals surface area contributed by atoms with Gasteiger partial charge in [0.2, 0.25) is 0 Å². The van der Waals surface area contributed by atoms with Crippen LogP contribution < -0.4 is 4.74 Å². The molecule has 0 amide bonds. The average molecular weight is 300 g/mol. The molecule has 0 heterocycles. The number of likely N-dealkylation sites (N-methyl/N-ethyl adjacent to an activating group) is 1. The van der Waals surface area contributed by atoms with Crippen molar-refractivity contribution in [1.82, 2.24) is 4.90 Å². The van der Waals surface area contributed by atoms with Gasteiger partial charge in [0.15, 0.2) is 0 Å². The van der Waals surface area contributed by atoms with Gasteiger partial charge in [-0.05, 0) is 44.2 Å². The molecule has 0 radical (unpaired) electrons. The maximum atomic E-state index is 5.71. The van der Waals surface area contributed by atoms with Crippen molar-refractivity contribution in [3.63, 3.8) is 0 Å². The molecular weight excluding hydrogens is 278 g/mol. The van der Waals surface area contributed by atoms with E-state index in [0.717, 1.165) is 23.4 Å². The Morgan fingerprint density at radius 2 is 1.76 bits per heavy atom. The third-order valence-electron chi connectivity index (χ3n) is 3.09. The molecule has 0 aromatic heterocycles. The standard InChI is InChI=1S/C14H22BrNO/c1-4-13(5-2)16(3)10-11-17-14-8-6-12(15)7-9-14/h6-9,13H,4-5,10-11H2,1-3H3. The first kappa shape index (κ1) is 14.5.